The molecule has 1 aliphatic heterocycles. The van der Waals surface area contributed by atoms with Gasteiger partial charge in [0.15, 0.2) is 0 Å². The summed E-state index contributed by atoms with van der Waals surface area (Å²) in [6, 6.07) is 17.1. The number of H-pyrrole nitrogens is 1. The number of amides is 1. The number of benzene rings is 2. The van der Waals surface area contributed by atoms with Gasteiger partial charge in [0.25, 0.3) is 5.56 Å². The van der Waals surface area contributed by atoms with Crippen LogP contribution in [0.5, 0.6) is 0 Å². The van der Waals surface area contributed by atoms with Crippen LogP contribution in [-0.4, -0.2) is 53.6 Å². The Bertz CT molecular complexity index is 1050. The summed E-state index contributed by atoms with van der Waals surface area (Å²) < 4.78 is 5.43. The minimum atomic E-state index is -0.175. The number of nitrogens with zero attached hydrogens (tertiary/aromatic N) is 2. The fraction of sp³-hybridized carbons (Fsp3) is 0.348. The van der Waals surface area contributed by atoms with Crippen molar-refractivity contribution in [3.8, 4) is 0 Å². The van der Waals surface area contributed by atoms with Crippen LogP contribution in [0.3, 0.4) is 0 Å². The van der Waals surface area contributed by atoms with Crippen LogP contribution in [0.1, 0.15) is 23.9 Å². The molecule has 0 bridgehead atoms. The van der Waals surface area contributed by atoms with Crippen molar-refractivity contribution in [3.63, 3.8) is 0 Å². The van der Waals surface area contributed by atoms with Gasteiger partial charge in [-0.25, -0.2) is 4.98 Å². The third-order valence-corrected chi connectivity index (χ3v) is 5.33. The van der Waals surface area contributed by atoms with Gasteiger partial charge in [0, 0.05) is 32.5 Å². The van der Waals surface area contributed by atoms with E-state index in [1.54, 1.807) is 6.07 Å². The van der Waals surface area contributed by atoms with Crippen molar-refractivity contribution in [3.05, 3.63) is 76.3 Å². The van der Waals surface area contributed by atoms with E-state index >= 15 is 0 Å². The second kappa shape index (κ2) is 9.65. The van der Waals surface area contributed by atoms with E-state index in [9.17, 15) is 9.59 Å². The lowest BCUT2D eigenvalue weighted by molar-refractivity contribution is -0.122. The number of rotatable bonds is 7. The van der Waals surface area contributed by atoms with Gasteiger partial charge in [-0.15, -0.1) is 0 Å². The molecule has 4 rings (SSSR count). The Hall–Kier alpha value is -3.03. The minimum Gasteiger partial charge on any atom is -0.379 e. The van der Waals surface area contributed by atoms with Crippen LogP contribution >= 0.6 is 0 Å². The van der Waals surface area contributed by atoms with E-state index < -0.39 is 0 Å². The molecule has 7 heteroatoms. The van der Waals surface area contributed by atoms with Gasteiger partial charge in [0.2, 0.25) is 5.91 Å². The quantitative estimate of drug-likeness (QED) is 0.627. The molecule has 1 aliphatic rings. The zero-order valence-corrected chi connectivity index (χ0v) is 16.8. The Morgan fingerprint density at radius 3 is 2.63 bits per heavy atom. The highest BCUT2D eigenvalue weighted by Crippen LogP contribution is 2.16. The number of fused-ring (bicyclic) bond motifs is 1. The summed E-state index contributed by atoms with van der Waals surface area (Å²) in [7, 11) is 0. The lowest BCUT2D eigenvalue weighted by Crippen LogP contribution is -2.43. The molecule has 2 N–H and O–H groups in total. The molecule has 156 valence electrons. The number of carbonyl (C=O) groups excluding carboxylic acids is 1. The predicted molar refractivity (Wildman–Crippen MR) is 115 cm³/mol. The van der Waals surface area contributed by atoms with Crippen molar-refractivity contribution < 1.29 is 9.53 Å². The number of hydrogen-bond acceptors (Lipinski definition) is 5. The van der Waals surface area contributed by atoms with Gasteiger partial charge in [-0.3, -0.25) is 14.5 Å². The maximum Gasteiger partial charge on any atom is 0.258 e. The van der Waals surface area contributed by atoms with E-state index in [4.69, 9.17) is 4.74 Å². The summed E-state index contributed by atoms with van der Waals surface area (Å²) >= 11 is 0. The van der Waals surface area contributed by atoms with E-state index in [1.807, 2.05) is 48.5 Å². The number of para-hydroxylation sites is 1. The zero-order chi connectivity index (χ0) is 20.8. The Morgan fingerprint density at radius 2 is 1.83 bits per heavy atom. The van der Waals surface area contributed by atoms with Crippen LogP contribution in [0.2, 0.25) is 0 Å². The Kier molecular flexibility index (Phi) is 6.51. The lowest BCUT2D eigenvalue weighted by atomic mass is 10.1. The highest BCUT2D eigenvalue weighted by Gasteiger charge is 2.20. The summed E-state index contributed by atoms with van der Waals surface area (Å²) in [6.07, 6.45) is 0.638. The molecule has 1 amide bonds. The molecular weight excluding hydrogens is 380 g/mol. The number of nitrogens with one attached hydrogen (secondary N) is 2. The lowest BCUT2D eigenvalue weighted by Gasteiger charge is -2.31. The second-order valence-electron chi connectivity index (χ2n) is 7.47. The first-order valence-corrected chi connectivity index (χ1v) is 10.3. The molecular formula is C23H26N4O3. The third-order valence-electron chi connectivity index (χ3n) is 5.33. The van der Waals surface area contributed by atoms with Gasteiger partial charge in [-0.1, -0.05) is 42.5 Å². The Morgan fingerprint density at radius 1 is 1.10 bits per heavy atom. The monoisotopic (exact) mass is 406 g/mol. The van der Waals surface area contributed by atoms with Crippen LogP contribution in [-0.2, 0) is 16.0 Å². The number of aromatic amines is 1. The van der Waals surface area contributed by atoms with Crippen LogP contribution in [0.4, 0.5) is 0 Å². The van der Waals surface area contributed by atoms with E-state index in [1.165, 1.54) is 0 Å². The van der Waals surface area contributed by atoms with Crippen LogP contribution in [0.25, 0.3) is 10.9 Å². The summed E-state index contributed by atoms with van der Waals surface area (Å²) in [5.74, 6) is 0.464. The highest BCUT2D eigenvalue weighted by molar-refractivity contribution is 5.78. The number of hydrogen-bond donors (Lipinski definition) is 2. The normalized spacial score (nSPS) is 15.7. The number of aromatic nitrogens is 2. The first-order valence-electron chi connectivity index (χ1n) is 10.3. The standard InChI is InChI=1S/C23H26N4O3/c28-22(11-10-21-24-19-9-5-4-8-18(19)23(29)26-21)25-20(17-6-2-1-3-7-17)16-27-12-14-30-15-13-27/h1-9,20H,10-16H2,(H,25,28)(H,24,26,29). The van der Waals surface area contributed by atoms with Crippen molar-refractivity contribution in [2.75, 3.05) is 32.8 Å². The molecule has 1 aromatic heterocycles. The SMILES string of the molecule is O=C(CCc1nc2ccccc2c(=O)[nH]1)NC(CN1CCOCC1)c1ccccc1. The number of carbonyl (C=O) groups is 1. The molecule has 2 aromatic carbocycles. The molecule has 3 aromatic rings. The van der Waals surface area contributed by atoms with Crippen LogP contribution < -0.4 is 10.9 Å². The molecule has 2 heterocycles. The topological polar surface area (TPSA) is 87.3 Å². The summed E-state index contributed by atoms with van der Waals surface area (Å²) in [4.78, 5) is 34.5. The number of aryl methyl sites for hydroxylation is 1. The van der Waals surface area contributed by atoms with Gasteiger partial charge < -0.3 is 15.0 Å². The summed E-state index contributed by atoms with van der Waals surface area (Å²) in [6.45, 7) is 3.90. The van der Waals surface area contributed by atoms with E-state index in [2.05, 4.69) is 20.2 Å². The molecule has 0 radical (unpaired) electrons. The molecule has 0 aliphatic carbocycles. The average molecular weight is 406 g/mol. The van der Waals surface area contributed by atoms with Crippen molar-refractivity contribution in [2.45, 2.75) is 18.9 Å². The predicted octanol–water partition coefficient (Wildman–Crippen LogP) is 2.05. The molecule has 0 spiro atoms. The van der Waals surface area contributed by atoms with Crippen molar-refractivity contribution in [1.29, 1.82) is 0 Å². The number of morpholine rings is 1. The maximum atomic E-state index is 12.7. The van der Waals surface area contributed by atoms with Crippen molar-refractivity contribution in [2.24, 2.45) is 0 Å². The first-order chi connectivity index (χ1) is 14.7. The summed E-state index contributed by atoms with van der Waals surface area (Å²) in [5.41, 5.74) is 1.55. The van der Waals surface area contributed by atoms with Gasteiger partial charge in [-0.2, -0.15) is 0 Å². The van der Waals surface area contributed by atoms with E-state index in [0.29, 0.717) is 23.1 Å². The van der Waals surface area contributed by atoms with E-state index in [0.717, 1.165) is 38.4 Å². The van der Waals surface area contributed by atoms with E-state index in [-0.39, 0.29) is 23.9 Å². The van der Waals surface area contributed by atoms with Crippen molar-refractivity contribution >= 4 is 16.8 Å². The summed E-state index contributed by atoms with van der Waals surface area (Å²) in [5, 5.41) is 3.72. The fourth-order valence-corrected chi connectivity index (χ4v) is 3.71. The zero-order valence-electron chi connectivity index (χ0n) is 16.8. The largest absolute Gasteiger partial charge is 0.379 e. The Labute approximate surface area is 175 Å². The van der Waals surface area contributed by atoms with Crippen LogP contribution in [0, 0.1) is 0 Å². The fourth-order valence-electron chi connectivity index (χ4n) is 3.71. The molecule has 0 saturated carbocycles. The molecule has 1 fully saturated rings. The van der Waals surface area contributed by atoms with Gasteiger partial charge in [0.05, 0.1) is 30.2 Å². The third kappa shape index (κ3) is 5.11. The molecule has 1 saturated heterocycles. The van der Waals surface area contributed by atoms with Crippen molar-refractivity contribution in [1.82, 2.24) is 20.2 Å². The smallest absolute Gasteiger partial charge is 0.258 e. The molecule has 1 atom stereocenters. The molecule has 30 heavy (non-hydrogen) atoms. The molecule has 7 nitrogen and oxygen atoms in total. The van der Waals surface area contributed by atoms with Gasteiger partial charge in [-0.05, 0) is 17.7 Å². The molecule has 1 unspecified atom stereocenters. The maximum absolute atomic E-state index is 12.7. The number of ether oxygens (including phenoxy) is 1. The van der Waals surface area contributed by atoms with Gasteiger partial charge >= 0.3 is 0 Å². The minimum absolute atomic E-state index is 0.0621. The Balaban J connectivity index is 1.41. The van der Waals surface area contributed by atoms with Crippen LogP contribution in [0.15, 0.2) is 59.4 Å². The average Bonchev–Trinajstić information content (AvgIpc) is 2.79. The second-order valence-corrected chi connectivity index (χ2v) is 7.47. The first kappa shape index (κ1) is 20.3. The van der Waals surface area contributed by atoms with Gasteiger partial charge in [0.1, 0.15) is 5.82 Å². The highest BCUT2D eigenvalue weighted by atomic mass is 16.5.